The van der Waals surface area contributed by atoms with Gasteiger partial charge in [-0.25, -0.2) is 0 Å². The van der Waals surface area contributed by atoms with E-state index in [1.54, 1.807) is 11.1 Å². The lowest BCUT2D eigenvalue weighted by Gasteiger charge is -2.51. The third-order valence-electron chi connectivity index (χ3n) is 7.66. The number of ketones is 1. The highest BCUT2D eigenvalue weighted by atomic mass is 32.2. The number of hydrogen-bond acceptors (Lipinski definition) is 4. The Balaban J connectivity index is 2.03. The van der Waals surface area contributed by atoms with E-state index < -0.39 is 5.41 Å². The Morgan fingerprint density at radius 1 is 1.41 bits per heavy atom. The topological polar surface area (TPSA) is 26.3 Å². The van der Waals surface area contributed by atoms with Crippen LogP contribution >= 0.6 is 23.5 Å². The van der Waals surface area contributed by atoms with E-state index in [0.29, 0.717) is 12.3 Å². The van der Waals surface area contributed by atoms with Gasteiger partial charge in [0, 0.05) is 35.9 Å². The highest BCUT2D eigenvalue weighted by Crippen LogP contribution is 2.67. The minimum atomic E-state index is -0.516. The normalized spacial score (nSPS) is 33.0. The third kappa shape index (κ3) is 3.38. The van der Waals surface area contributed by atoms with Gasteiger partial charge in [-0.2, -0.15) is 0 Å². The molecular formula is C23H36O2S2. The van der Waals surface area contributed by atoms with Gasteiger partial charge in [-0.05, 0) is 50.5 Å². The molecule has 3 aliphatic rings. The fourth-order valence-electron chi connectivity index (χ4n) is 5.67. The lowest BCUT2D eigenvalue weighted by molar-refractivity contribution is -0.128. The molecule has 1 saturated heterocycles. The van der Waals surface area contributed by atoms with Crippen LogP contribution in [0.4, 0.5) is 0 Å². The average molecular weight is 409 g/mol. The molecule has 0 unspecified atom stereocenters. The number of fused-ring (bicyclic) bond motifs is 1. The fraction of sp³-hybridized carbons (Fsp3) is 0.783. The second-order valence-corrected chi connectivity index (χ2v) is 12.0. The molecule has 4 heteroatoms. The molecule has 0 bridgehead atoms. The molecular weight excluding hydrogens is 372 g/mol. The zero-order chi connectivity index (χ0) is 19.9. The first-order valence-electron chi connectivity index (χ1n) is 10.5. The first-order valence-corrected chi connectivity index (χ1v) is 12.4. The highest BCUT2D eigenvalue weighted by molar-refractivity contribution is 8.21. The molecule has 2 nitrogen and oxygen atoms in total. The van der Waals surface area contributed by atoms with Crippen LogP contribution in [0.3, 0.4) is 0 Å². The summed E-state index contributed by atoms with van der Waals surface area (Å²) in [5, 5.41) is 0. The average Bonchev–Trinajstić information content (AvgIpc) is 3.30. The molecule has 0 saturated carbocycles. The number of Topliss-reactive ketones (excluding diaryl/α,β-unsaturated/α-hetero) is 1. The molecule has 0 aromatic heterocycles. The molecule has 3 rings (SSSR count). The van der Waals surface area contributed by atoms with Gasteiger partial charge in [-0.3, -0.25) is 4.79 Å². The molecule has 1 aliphatic heterocycles. The van der Waals surface area contributed by atoms with Crippen molar-refractivity contribution in [3.05, 3.63) is 23.8 Å². The zero-order valence-corrected chi connectivity index (χ0v) is 19.4. The molecule has 0 aromatic carbocycles. The first-order chi connectivity index (χ1) is 12.8. The molecule has 0 N–H and O–H groups in total. The third-order valence-corrected chi connectivity index (χ3v) is 11.2. The number of methoxy groups -OCH3 is 1. The van der Waals surface area contributed by atoms with Crippen molar-refractivity contribution in [2.75, 3.05) is 18.6 Å². The predicted molar refractivity (Wildman–Crippen MR) is 119 cm³/mol. The predicted octanol–water partition coefficient (Wildman–Crippen LogP) is 6.27. The molecule has 27 heavy (non-hydrogen) atoms. The SMILES string of the molecule is C=C[C@](C)(C[C@@H](OC)[C@@]1(C)C2=C(CC[C@@H]1C)CCC21SCCS1)C(=O)CC. The number of hydrogen-bond donors (Lipinski definition) is 0. The lowest BCUT2D eigenvalue weighted by Crippen LogP contribution is -2.49. The minimum absolute atomic E-state index is 0.0124. The summed E-state index contributed by atoms with van der Waals surface area (Å²) in [6.07, 6.45) is 8.18. The van der Waals surface area contributed by atoms with Gasteiger partial charge in [-0.15, -0.1) is 30.1 Å². The summed E-state index contributed by atoms with van der Waals surface area (Å²) in [6.45, 7) is 12.9. The van der Waals surface area contributed by atoms with Gasteiger partial charge in [0.05, 0.1) is 10.2 Å². The van der Waals surface area contributed by atoms with Gasteiger partial charge in [0.2, 0.25) is 0 Å². The van der Waals surface area contributed by atoms with E-state index in [1.807, 2.05) is 27.0 Å². The van der Waals surface area contributed by atoms with Crippen molar-refractivity contribution in [3.63, 3.8) is 0 Å². The van der Waals surface area contributed by atoms with Crippen LogP contribution in [0, 0.1) is 16.7 Å². The van der Waals surface area contributed by atoms with Crippen molar-refractivity contribution in [2.24, 2.45) is 16.7 Å². The van der Waals surface area contributed by atoms with Gasteiger partial charge < -0.3 is 4.74 Å². The van der Waals surface area contributed by atoms with Gasteiger partial charge >= 0.3 is 0 Å². The van der Waals surface area contributed by atoms with E-state index in [-0.39, 0.29) is 21.4 Å². The Morgan fingerprint density at radius 3 is 2.63 bits per heavy atom. The number of carbonyl (C=O) groups excluding carboxylic acids is 1. The van der Waals surface area contributed by atoms with Crippen LogP contribution in [0.15, 0.2) is 23.8 Å². The molecule has 1 fully saturated rings. The zero-order valence-electron chi connectivity index (χ0n) is 17.7. The summed E-state index contributed by atoms with van der Waals surface area (Å²) >= 11 is 4.33. The van der Waals surface area contributed by atoms with Crippen LogP contribution in [-0.2, 0) is 9.53 Å². The standard InChI is InChI=1S/C23H36O2S2/c1-7-18(24)21(4,8-2)15-19(25-6)22(5)16(3)9-10-17-11-12-23(20(17)22)26-13-14-27-23/h8,16,19H,2,7,9-15H2,1,3-6H3/t16-,19+,21+,22-/m0/s1. The van der Waals surface area contributed by atoms with Gasteiger partial charge in [0.1, 0.15) is 5.78 Å². The van der Waals surface area contributed by atoms with Crippen molar-refractivity contribution >= 4 is 29.3 Å². The molecule has 2 aliphatic carbocycles. The number of thioether (sulfide) groups is 2. The Labute approximate surface area is 174 Å². The minimum Gasteiger partial charge on any atom is -0.380 e. The monoisotopic (exact) mass is 408 g/mol. The van der Waals surface area contributed by atoms with Gasteiger partial charge in [0.25, 0.3) is 0 Å². The Kier molecular flexibility index (Phi) is 6.31. The molecule has 4 atom stereocenters. The van der Waals surface area contributed by atoms with Crippen LogP contribution in [0.25, 0.3) is 0 Å². The van der Waals surface area contributed by atoms with Crippen LogP contribution < -0.4 is 0 Å². The van der Waals surface area contributed by atoms with E-state index in [0.717, 1.165) is 6.42 Å². The van der Waals surface area contributed by atoms with Crippen molar-refractivity contribution < 1.29 is 9.53 Å². The molecule has 1 spiro atoms. The second-order valence-electron chi connectivity index (χ2n) is 8.98. The van der Waals surface area contributed by atoms with Crippen molar-refractivity contribution in [1.82, 2.24) is 0 Å². The van der Waals surface area contributed by atoms with Crippen molar-refractivity contribution in [2.45, 2.75) is 76.4 Å². The van der Waals surface area contributed by atoms with E-state index in [1.165, 1.54) is 37.2 Å². The lowest BCUT2D eigenvalue weighted by atomic mass is 9.59. The van der Waals surface area contributed by atoms with Crippen LogP contribution in [0.1, 0.15) is 66.2 Å². The highest BCUT2D eigenvalue weighted by Gasteiger charge is 2.58. The van der Waals surface area contributed by atoms with Gasteiger partial charge in [-0.1, -0.05) is 32.4 Å². The molecule has 0 amide bonds. The number of carbonyl (C=O) groups is 1. The summed E-state index contributed by atoms with van der Waals surface area (Å²) < 4.78 is 6.47. The summed E-state index contributed by atoms with van der Waals surface area (Å²) in [7, 11) is 1.84. The molecule has 0 aromatic rings. The van der Waals surface area contributed by atoms with E-state index in [9.17, 15) is 4.79 Å². The van der Waals surface area contributed by atoms with Crippen LogP contribution in [-0.4, -0.2) is 34.6 Å². The summed E-state index contributed by atoms with van der Waals surface area (Å²) in [5.41, 5.74) is 2.85. The van der Waals surface area contributed by atoms with Crippen LogP contribution in [0.2, 0.25) is 0 Å². The van der Waals surface area contributed by atoms with E-state index in [2.05, 4.69) is 44.0 Å². The van der Waals surface area contributed by atoms with Gasteiger partial charge in [0.15, 0.2) is 0 Å². The molecule has 0 radical (unpaired) electrons. The maximum absolute atomic E-state index is 12.7. The second kappa shape index (κ2) is 7.91. The molecule has 1 heterocycles. The smallest absolute Gasteiger partial charge is 0.142 e. The maximum atomic E-state index is 12.7. The van der Waals surface area contributed by atoms with Crippen LogP contribution in [0.5, 0.6) is 0 Å². The Bertz CT molecular complexity index is 634. The Hall–Kier alpha value is -0.190. The first kappa shape index (κ1) is 21.5. The van der Waals surface area contributed by atoms with Crippen molar-refractivity contribution in [1.29, 1.82) is 0 Å². The fourth-order valence-corrected chi connectivity index (χ4v) is 9.34. The number of ether oxygens (including phenoxy) is 1. The largest absolute Gasteiger partial charge is 0.380 e. The quantitative estimate of drug-likeness (QED) is 0.464. The summed E-state index contributed by atoms with van der Waals surface area (Å²) in [4.78, 5) is 12.7. The van der Waals surface area contributed by atoms with Crippen molar-refractivity contribution in [3.8, 4) is 0 Å². The molecule has 152 valence electrons. The number of allylic oxidation sites excluding steroid dienone is 2. The summed E-state index contributed by atoms with van der Waals surface area (Å²) in [6, 6.07) is 0. The van der Waals surface area contributed by atoms with E-state index in [4.69, 9.17) is 4.74 Å². The van der Waals surface area contributed by atoms with E-state index >= 15 is 0 Å². The summed E-state index contributed by atoms with van der Waals surface area (Å²) in [5.74, 6) is 3.33. The number of rotatable bonds is 7. The Morgan fingerprint density at radius 2 is 2.07 bits per heavy atom. The maximum Gasteiger partial charge on any atom is 0.142 e.